The minimum atomic E-state index is -3.77. The molecule has 0 atom stereocenters. The van der Waals surface area contributed by atoms with Crippen molar-refractivity contribution in [2.75, 3.05) is 0 Å². The van der Waals surface area contributed by atoms with E-state index in [4.69, 9.17) is 0 Å². The van der Waals surface area contributed by atoms with Crippen LogP contribution in [0.2, 0.25) is 0 Å². The molecule has 0 N–H and O–H groups in total. The van der Waals surface area contributed by atoms with Crippen molar-refractivity contribution in [1.82, 2.24) is 3.97 Å². The molecule has 0 saturated carbocycles. The average molecular weight is 363 g/mol. The summed E-state index contributed by atoms with van der Waals surface area (Å²) in [4.78, 5) is 11.4. The summed E-state index contributed by atoms with van der Waals surface area (Å²) < 4.78 is 28.1. The molecule has 0 aliphatic heterocycles. The molecule has 0 spiro atoms. The van der Waals surface area contributed by atoms with E-state index in [0.717, 1.165) is 29.0 Å². The highest BCUT2D eigenvalue weighted by molar-refractivity contribution is 7.90. The van der Waals surface area contributed by atoms with Crippen molar-refractivity contribution < 1.29 is 13.2 Å². The second-order valence-corrected chi connectivity index (χ2v) is 7.97. The van der Waals surface area contributed by atoms with Crippen LogP contribution in [0.1, 0.15) is 22.8 Å². The van der Waals surface area contributed by atoms with Gasteiger partial charge in [-0.25, -0.2) is 12.4 Å². The first-order valence-corrected chi connectivity index (χ1v) is 9.83. The molecule has 4 aromatic rings. The summed E-state index contributed by atoms with van der Waals surface area (Å²) in [5.41, 5.74) is 2.77. The van der Waals surface area contributed by atoms with Crippen molar-refractivity contribution >= 4 is 38.1 Å². The zero-order valence-electron chi connectivity index (χ0n) is 14.2. The molecule has 3 aromatic carbocycles. The molecule has 0 bridgehead atoms. The standard InChI is InChI=1S/C21H17NO3S/c1-2-15-7-10-17(11-8-15)26(24,25)22-20-6-4-3-5-18(20)19-13-16(14-23)9-12-21(19)22/h3-14H,2H2,1H3. The van der Waals surface area contributed by atoms with Crippen LogP contribution in [-0.2, 0) is 16.4 Å². The third-order valence-electron chi connectivity index (χ3n) is 4.66. The van der Waals surface area contributed by atoms with Crippen LogP contribution in [0.15, 0.2) is 71.6 Å². The number of hydrogen-bond donors (Lipinski definition) is 0. The number of nitrogens with zero attached hydrogens (tertiary/aromatic N) is 1. The van der Waals surface area contributed by atoms with Crippen LogP contribution in [0, 0.1) is 0 Å². The minimum Gasteiger partial charge on any atom is -0.298 e. The summed E-state index contributed by atoms with van der Waals surface area (Å²) in [6, 6.07) is 19.4. The molecule has 0 aliphatic carbocycles. The predicted molar refractivity (Wildman–Crippen MR) is 103 cm³/mol. The van der Waals surface area contributed by atoms with Gasteiger partial charge < -0.3 is 0 Å². The van der Waals surface area contributed by atoms with Gasteiger partial charge in [0.2, 0.25) is 0 Å². The molecule has 0 saturated heterocycles. The van der Waals surface area contributed by atoms with Gasteiger partial charge in [-0.3, -0.25) is 4.79 Å². The molecular weight excluding hydrogens is 346 g/mol. The second kappa shape index (κ2) is 6.11. The maximum absolute atomic E-state index is 13.4. The van der Waals surface area contributed by atoms with Gasteiger partial charge in [-0.1, -0.05) is 37.3 Å². The Morgan fingerprint density at radius 2 is 1.58 bits per heavy atom. The van der Waals surface area contributed by atoms with Gasteiger partial charge in [0.15, 0.2) is 0 Å². The van der Waals surface area contributed by atoms with E-state index < -0.39 is 10.0 Å². The number of aryl methyl sites for hydroxylation is 1. The van der Waals surface area contributed by atoms with Crippen molar-refractivity contribution in [1.29, 1.82) is 0 Å². The topological polar surface area (TPSA) is 56.1 Å². The van der Waals surface area contributed by atoms with E-state index in [2.05, 4.69) is 0 Å². The van der Waals surface area contributed by atoms with Crippen LogP contribution in [0.3, 0.4) is 0 Å². The van der Waals surface area contributed by atoms with Gasteiger partial charge in [0.1, 0.15) is 6.29 Å². The summed E-state index contributed by atoms with van der Waals surface area (Å²) in [6.07, 6.45) is 1.62. The molecule has 0 aliphatic rings. The SMILES string of the molecule is CCc1ccc(S(=O)(=O)n2c3ccccc3c3cc(C=O)ccc32)cc1. The molecule has 0 fully saturated rings. The predicted octanol–water partition coefficient (Wildman–Crippen LogP) is 4.41. The fourth-order valence-electron chi connectivity index (χ4n) is 3.29. The number of aldehydes is 1. The lowest BCUT2D eigenvalue weighted by Gasteiger charge is -2.10. The molecule has 1 heterocycles. The van der Waals surface area contributed by atoms with Crippen LogP contribution in [0.5, 0.6) is 0 Å². The highest BCUT2D eigenvalue weighted by Crippen LogP contribution is 2.32. The third kappa shape index (κ3) is 2.44. The lowest BCUT2D eigenvalue weighted by Crippen LogP contribution is -2.12. The Labute approximate surface area is 151 Å². The average Bonchev–Trinajstić information content (AvgIpc) is 3.02. The lowest BCUT2D eigenvalue weighted by atomic mass is 10.1. The first-order valence-electron chi connectivity index (χ1n) is 8.39. The van der Waals surface area contributed by atoms with Crippen molar-refractivity contribution in [2.24, 2.45) is 0 Å². The number of hydrogen-bond acceptors (Lipinski definition) is 3. The van der Waals surface area contributed by atoms with Crippen molar-refractivity contribution in [3.8, 4) is 0 Å². The van der Waals surface area contributed by atoms with E-state index in [1.165, 1.54) is 3.97 Å². The first-order chi connectivity index (χ1) is 12.6. The Kier molecular flexibility index (Phi) is 3.89. The van der Waals surface area contributed by atoms with Gasteiger partial charge in [0, 0.05) is 16.3 Å². The van der Waals surface area contributed by atoms with Crippen LogP contribution in [0.4, 0.5) is 0 Å². The van der Waals surface area contributed by atoms with Gasteiger partial charge in [-0.05, 0) is 48.4 Å². The molecule has 26 heavy (non-hydrogen) atoms. The number of carbonyl (C=O) groups excluding carboxylic acids is 1. The summed E-state index contributed by atoms with van der Waals surface area (Å²) >= 11 is 0. The van der Waals surface area contributed by atoms with Crippen molar-refractivity contribution in [3.63, 3.8) is 0 Å². The number of para-hydroxylation sites is 1. The zero-order chi connectivity index (χ0) is 18.3. The number of benzene rings is 3. The molecule has 4 nitrogen and oxygen atoms in total. The van der Waals surface area contributed by atoms with Crippen molar-refractivity contribution in [2.45, 2.75) is 18.2 Å². The van der Waals surface area contributed by atoms with Crippen LogP contribution in [0.25, 0.3) is 21.8 Å². The van der Waals surface area contributed by atoms with Gasteiger partial charge in [0.25, 0.3) is 10.0 Å². The van der Waals surface area contributed by atoms with E-state index in [0.29, 0.717) is 16.6 Å². The molecule has 4 rings (SSSR count). The summed E-state index contributed by atoms with van der Waals surface area (Å²) in [7, 11) is -3.77. The van der Waals surface area contributed by atoms with Gasteiger partial charge >= 0.3 is 0 Å². The highest BCUT2D eigenvalue weighted by atomic mass is 32.2. The van der Waals surface area contributed by atoms with Crippen LogP contribution >= 0.6 is 0 Å². The highest BCUT2D eigenvalue weighted by Gasteiger charge is 2.23. The van der Waals surface area contributed by atoms with Crippen LogP contribution < -0.4 is 0 Å². The maximum Gasteiger partial charge on any atom is 0.268 e. The second-order valence-electron chi connectivity index (χ2n) is 6.18. The normalized spacial score (nSPS) is 11.9. The summed E-state index contributed by atoms with van der Waals surface area (Å²) in [5, 5.41) is 1.55. The quantitative estimate of drug-likeness (QED) is 0.505. The summed E-state index contributed by atoms with van der Waals surface area (Å²) in [6.45, 7) is 2.03. The van der Waals surface area contributed by atoms with E-state index in [9.17, 15) is 13.2 Å². The number of carbonyl (C=O) groups is 1. The Hall–Kier alpha value is -2.92. The fraction of sp³-hybridized carbons (Fsp3) is 0.0952. The van der Waals surface area contributed by atoms with Gasteiger partial charge in [0.05, 0.1) is 15.9 Å². The van der Waals surface area contributed by atoms with E-state index in [1.54, 1.807) is 36.4 Å². The maximum atomic E-state index is 13.4. The minimum absolute atomic E-state index is 0.247. The largest absolute Gasteiger partial charge is 0.298 e. The van der Waals surface area contributed by atoms with Gasteiger partial charge in [-0.15, -0.1) is 0 Å². The smallest absolute Gasteiger partial charge is 0.268 e. The zero-order valence-corrected chi connectivity index (χ0v) is 15.0. The van der Waals surface area contributed by atoms with Gasteiger partial charge in [-0.2, -0.15) is 0 Å². The van der Waals surface area contributed by atoms with E-state index in [-0.39, 0.29) is 4.90 Å². The Morgan fingerprint density at radius 3 is 2.27 bits per heavy atom. The van der Waals surface area contributed by atoms with Crippen molar-refractivity contribution in [3.05, 3.63) is 77.9 Å². The number of fused-ring (bicyclic) bond motifs is 3. The summed E-state index contributed by atoms with van der Waals surface area (Å²) in [5.74, 6) is 0. The molecular formula is C21H17NO3S. The molecule has 130 valence electrons. The fourth-order valence-corrected chi connectivity index (χ4v) is 4.82. The molecule has 0 amide bonds. The Balaban J connectivity index is 2.07. The Morgan fingerprint density at radius 1 is 0.885 bits per heavy atom. The van der Waals surface area contributed by atoms with E-state index in [1.807, 2.05) is 37.3 Å². The lowest BCUT2D eigenvalue weighted by molar-refractivity contribution is 0.112. The third-order valence-corrected chi connectivity index (χ3v) is 6.40. The molecule has 0 unspecified atom stereocenters. The Bertz CT molecular complexity index is 1240. The monoisotopic (exact) mass is 363 g/mol. The van der Waals surface area contributed by atoms with E-state index >= 15 is 0 Å². The molecule has 0 radical (unpaired) electrons. The first kappa shape index (κ1) is 16.5. The molecule has 5 heteroatoms. The molecule has 1 aromatic heterocycles. The number of aromatic nitrogens is 1. The number of rotatable bonds is 4. The van der Waals surface area contributed by atoms with Crippen LogP contribution in [-0.4, -0.2) is 18.7 Å².